The Morgan fingerprint density at radius 2 is 1.56 bits per heavy atom. The Morgan fingerprint density at radius 3 is 2.15 bits per heavy atom. The van der Waals surface area contributed by atoms with Crippen molar-refractivity contribution in [3.63, 3.8) is 0 Å². The van der Waals surface area contributed by atoms with Crippen LogP contribution >= 0.6 is 0 Å². The number of para-hydroxylation sites is 1. The summed E-state index contributed by atoms with van der Waals surface area (Å²) in [5.74, 6) is -3.48. The summed E-state index contributed by atoms with van der Waals surface area (Å²) < 4.78 is 10.1. The summed E-state index contributed by atoms with van der Waals surface area (Å²) in [5, 5.41) is 19.1. The van der Waals surface area contributed by atoms with Gasteiger partial charge < -0.3 is 19.7 Å². The molecule has 9 heteroatoms. The third kappa shape index (κ3) is 4.78. The highest BCUT2D eigenvalue weighted by molar-refractivity contribution is 6.27. The number of nitrogens with zero attached hydrogens (tertiary/aromatic N) is 1. The van der Waals surface area contributed by atoms with Gasteiger partial charge in [0.1, 0.15) is 0 Å². The van der Waals surface area contributed by atoms with E-state index in [0.29, 0.717) is 11.1 Å². The summed E-state index contributed by atoms with van der Waals surface area (Å²) >= 11 is 0. The van der Waals surface area contributed by atoms with Crippen molar-refractivity contribution in [3.8, 4) is 11.5 Å². The highest BCUT2D eigenvalue weighted by atomic mass is 16.5. The number of phenols is 2. The number of esters is 2. The number of anilines is 1. The van der Waals surface area contributed by atoms with Crippen LogP contribution in [0.2, 0.25) is 0 Å². The standard InChI is InChI=1S/C25H25NO8/c1-3-33-22(30)14-25(15-23(31)34-4-2)17-7-5-6-8-18(17)26(24(25)32)21(29)12-10-16-9-11-19(27)20(28)13-16/h5-13,27-28H,3-4,14-15H2,1-2H3. The maximum atomic E-state index is 13.7. The fraction of sp³-hybridized carbons (Fsp3) is 0.280. The summed E-state index contributed by atoms with van der Waals surface area (Å²) in [6.07, 6.45) is 1.63. The number of ether oxygens (including phenoxy) is 2. The zero-order valence-electron chi connectivity index (χ0n) is 18.8. The first-order valence-corrected chi connectivity index (χ1v) is 10.7. The molecule has 1 aliphatic heterocycles. The quantitative estimate of drug-likeness (QED) is 0.344. The highest BCUT2D eigenvalue weighted by Gasteiger charge is 2.55. The number of phenolic OH excluding ortho intramolecular Hbond substituents is 2. The van der Waals surface area contributed by atoms with E-state index in [2.05, 4.69) is 0 Å². The number of carbonyl (C=O) groups excluding carboxylic acids is 4. The number of benzene rings is 2. The van der Waals surface area contributed by atoms with Crippen molar-refractivity contribution in [2.24, 2.45) is 0 Å². The van der Waals surface area contributed by atoms with Gasteiger partial charge in [0, 0.05) is 6.08 Å². The van der Waals surface area contributed by atoms with Gasteiger partial charge in [0.15, 0.2) is 11.5 Å². The maximum Gasteiger partial charge on any atom is 0.307 e. The zero-order chi connectivity index (χ0) is 24.9. The second-order valence-electron chi connectivity index (χ2n) is 7.62. The Kier molecular flexibility index (Phi) is 7.35. The van der Waals surface area contributed by atoms with Gasteiger partial charge in [-0.15, -0.1) is 0 Å². The molecule has 0 bridgehead atoms. The number of aromatic hydroxyl groups is 2. The molecule has 178 valence electrons. The largest absolute Gasteiger partial charge is 0.504 e. The summed E-state index contributed by atoms with van der Waals surface area (Å²) in [6.45, 7) is 3.44. The van der Waals surface area contributed by atoms with Crippen molar-refractivity contribution >= 4 is 35.5 Å². The Labute approximate surface area is 196 Å². The van der Waals surface area contributed by atoms with E-state index in [1.165, 1.54) is 24.3 Å². The van der Waals surface area contributed by atoms with E-state index in [1.54, 1.807) is 38.1 Å². The molecule has 1 heterocycles. The third-order valence-corrected chi connectivity index (χ3v) is 5.41. The molecule has 0 saturated heterocycles. The molecular formula is C25H25NO8. The van der Waals surface area contributed by atoms with Crippen molar-refractivity contribution in [2.45, 2.75) is 32.1 Å². The van der Waals surface area contributed by atoms with Gasteiger partial charge in [0.2, 0.25) is 5.91 Å². The molecule has 0 atom stereocenters. The fourth-order valence-electron chi connectivity index (χ4n) is 3.94. The second kappa shape index (κ2) is 10.2. The van der Waals surface area contributed by atoms with Crippen LogP contribution in [-0.4, -0.2) is 47.2 Å². The SMILES string of the molecule is CCOC(=O)CC1(CC(=O)OCC)C(=O)N(C(=O)C=Cc2ccc(O)c(O)c2)c2ccccc21. The topological polar surface area (TPSA) is 130 Å². The number of fused-ring (bicyclic) bond motifs is 1. The van der Waals surface area contributed by atoms with Crippen LogP contribution < -0.4 is 4.90 Å². The van der Waals surface area contributed by atoms with E-state index in [0.717, 1.165) is 11.0 Å². The van der Waals surface area contributed by atoms with Gasteiger partial charge in [-0.05, 0) is 49.2 Å². The molecule has 0 spiro atoms. The summed E-state index contributed by atoms with van der Waals surface area (Å²) in [4.78, 5) is 52.7. The second-order valence-corrected chi connectivity index (χ2v) is 7.62. The lowest BCUT2D eigenvalue weighted by Crippen LogP contribution is -2.45. The van der Waals surface area contributed by atoms with Gasteiger partial charge >= 0.3 is 11.9 Å². The lowest BCUT2D eigenvalue weighted by molar-refractivity contribution is -0.151. The molecule has 2 aromatic carbocycles. The van der Waals surface area contributed by atoms with Crippen LogP contribution in [0.1, 0.15) is 37.8 Å². The number of rotatable bonds is 8. The van der Waals surface area contributed by atoms with Gasteiger partial charge in [0.25, 0.3) is 5.91 Å². The van der Waals surface area contributed by atoms with E-state index in [4.69, 9.17) is 9.47 Å². The van der Waals surface area contributed by atoms with Crippen molar-refractivity contribution in [2.75, 3.05) is 18.1 Å². The molecule has 0 aliphatic carbocycles. The molecule has 0 radical (unpaired) electrons. The number of hydrogen-bond acceptors (Lipinski definition) is 8. The van der Waals surface area contributed by atoms with Crippen LogP contribution in [-0.2, 0) is 34.1 Å². The van der Waals surface area contributed by atoms with E-state index in [1.807, 2.05) is 0 Å². The number of imide groups is 1. The lowest BCUT2D eigenvalue weighted by atomic mass is 9.75. The first-order chi connectivity index (χ1) is 16.2. The van der Waals surface area contributed by atoms with Gasteiger partial charge in [-0.1, -0.05) is 24.3 Å². The fourth-order valence-corrected chi connectivity index (χ4v) is 3.94. The summed E-state index contributed by atoms with van der Waals surface area (Å²) in [7, 11) is 0. The minimum absolute atomic E-state index is 0.0923. The average Bonchev–Trinajstić information content (AvgIpc) is 3.02. The highest BCUT2D eigenvalue weighted by Crippen LogP contribution is 2.47. The Morgan fingerprint density at radius 1 is 0.941 bits per heavy atom. The van der Waals surface area contributed by atoms with Crippen molar-refractivity contribution in [1.82, 2.24) is 0 Å². The van der Waals surface area contributed by atoms with Crippen molar-refractivity contribution in [1.29, 1.82) is 0 Å². The molecule has 0 unspecified atom stereocenters. The summed E-state index contributed by atoms with van der Waals surface area (Å²) in [6, 6.07) is 10.4. The van der Waals surface area contributed by atoms with E-state index >= 15 is 0 Å². The molecule has 3 rings (SSSR count). The molecule has 0 fully saturated rings. The summed E-state index contributed by atoms with van der Waals surface area (Å²) in [5.41, 5.74) is -0.641. The molecule has 34 heavy (non-hydrogen) atoms. The predicted octanol–water partition coefficient (Wildman–Crippen LogP) is 2.83. The Bertz CT molecular complexity index is 1130. The molecular weight excluding hydrogens is 442 g/mol. The monoisotopic (exact) mass is 467 g/mol. The molecule has 2 N–H and O–H groups in total. The molecule has 1 aliphatic rings. The first-order valence-electron chi connectivity index (χ1n) is 10.7. The minimum Gasteiger partial charge on any atom is -0.504 e. The number of hydrogen-bond donors (Lipinski definition) is 2. The normalized spacial score (nSPS) is 14.2. The van der Waals surface area contributed by atoms with Crippen LogP contribution in [0, 0.1) is 0 Å². The third-order valence-electron chi connectivity index (χ3n) is 5.41. The van der Waals surface area contributed by atoms with Crippen LogP contribution in [0.3, 0.4) is 0 Å². The lowest BCUT2D eigenvalue weighted by Gasteiger charge is -2.26. The van der Waals surface area contributed by atoms with Gasteiger partial charge in [-0.3, -0.25) is 19.2 Å². The molecule has 2 aromatic rings. The molecule has 0 saturated carbocycles. The minimum atomic E-state index is -1.66. The van der Waals surface area contributed by atoms with E-state index in [9.17, 15) is 29.4 Å². The van der Waals surface area contributed by atoms with E-state index in [-0.39, 0.29) is 30.4 Å². The zero-order valence-corrected chi connectivity index (χ0v) is 18.8. The molecule has 0 aromatic heterocycles. The Balaban J connectivity index is 2.02. The van der Waals surface area contributed by atoms with Crippen LogP contribution in [0.15, 0.2) is 48.5 Å². The van der Waals surface area contributed by atoms with Crippen molar-refractivity contribution in [3.05, 3.63) is 59.7 Å². The average molecular weight is 467 g/mol. The predicted molar refractivity (Wildman–Crippen MR) is 122 cm³/mol. The molecule has 2 amide bonds. The van der Waals surface area contributed by atoms with Gasteiger partial charge in [0.05, 0.1) is 37.2 Å². The van der Waals surface area contributed by atoms with Crippen LogP contribution in [0.5, 0.6) is 11.5 Å². The van der Waals surface area contributed by atoms with Crippen LogP contribution in [0.4, 0.5) is 5.69 Å². The van der Waals surface area contributed by atoms with Gasteiger partial charge in [-0.2, -0.15) is 0 Å². The number of amides is 2. The number of carbonyl (C=O) groups is 4. The first kappa shape index (κ1) is 24.5. The maximum absolute atomic E-state index is 13.7. The smallest absolute Gasteiger partial charge is 0.307 e. The van der Waals surface area contributed by atoms with Crippen LogP contribution in [0.25, 0.3) is 6.08 Å². The Hall–Kier alpha value is -4.14. The van der Waals surface area contributed by atoms with Gasteiger partial charge in [-0.25, -0.2) is 4.90 Å². The van der Waals surface area contributed by atoms with E-state index < -0.39 is 42.0 Å². The van der Waals surface area contributed by atoms with Crippen molar-refractivity contribution < 1.29 is 38.9 Å². The molecule has 9 nitrogen and oxygen atoms in total.